The first-order valence-corrected chi connectivity index (χ1v) is 6.42. The van der Waals surface area contributed by atoms with Crippen LogP contribution in [0, 0.1) is 0 Å². The summed E-state index contributed by atoms with van der Waals surface area (Å²) >= 11 is 3.27. The summed E-state index contributed by atoms with van der Waals surface area (Å²) in [6.45, 7) is 1.18. The molecule has 0 saturated heterocycles. The molecule has 0 saturated carbocycles. The van der Waals surface area contributed by atoms with Gasteiger partial charge >= 0.3 is 6.18 Å². The summed E-state index contributed by atoms with van der Waals surface area (Å²) in [5.41, 5.74) is 0.600. The highest BCUT2D eigenvalue weighted by Crippen LogP contribution is 2.31. The van der Waals surface area contributed by atoms with Crippen LogP contribution in [-0.2, 0) is 0 Å². The van der Waals surface area contributed by atoms with Gasteiger partial charge in [-0.15, -0.1) is 0 Å². The van der Waals surface area contributed by atoms with Crippen molar-refractivity contribution in [1.82, 2.24) is 10.1 Å². The summed E-state index contributed by atoms with van der Waals surface area (Å²) in [5, 5.41) is 12.8. The Morgan fingerprint density at radius 1 is 1.35 bits per heavy atom. The Morgan fingerprint density at radius 2 is 2.05 bits per heavy atom. The van der Waals surface area contributed by atoms with Crippen LogP contribution in [-0.4, -0.2) is 27.5 Å². The minimum atomic E-state index is -4.73. The standard InChI is InChI=1S/C12H10BrF3N2O2/c1-6(9(19)12(14,15)16)11-17-10(18-20-11)7-3-2-4-8(13)5-7/h2-6,9,19H,1H3. The average molecular weight is 351 g/mol. The lowest BCUT2D eigenvalue weighted by Gasteiger charge is -2.17. The summed E-state index contributed by atoms with van der Waals surface area (Å²) in [4.78, 5) is 3.90. The van der Waals surface area contributed by atoms with Crippen molar-refractivity contribution in [2.24, 2.45) is 0 Å². The summed E-state index contributed by atoms with van der Waals surface area (Å²) in [7, 11) is 0. The molecule has 0 aliphatic carbocycles. The first kappa shape index (κ1) is 15.0. The molecule has 1 aromatic carbocycles. The van der Waals surface area contributed by atoms with E-state index in [1.165, 1.54) is 6.92 Å². The Labute approximate surface area is 120 Å². The van der Waals surface area contributed by atoms with Crippen LogP contribution in [0.5, 0.6) is 0 Å². The number of nitrogens with zero attached hydrogens (tertiary/aromatic N) is 2. The third kappa shape index (κ3) is 3.18. The molecule has 0 amide bonds. The third-order valence-corrected chi connectivity index (χ3v) is 3.22. The number of aliphatic hydroxyl groups excluding tert-OH is 1. The Balaban J connectivity index is 2.25. The van der Waals surface area contributed by atoms with Gasteiger partial charge in [0, 0.05) is 10.0 Å². The monoisotopic (exact) mass is 350 g/mol. The number of hydrogen-bond acceptors (Lipinski definition) is 4. The Morgan fingerprint density at radius 3 is 2.65 bits per heavy atom. The molecule has 20 heavy (non-hydrogen) atoms. The van der Waals surface area contributed by atoms with Gasteiger partial charge < -0.3 is 9.63 Å². The minimum Gasteiger partial charge on any atom is -0.383 e. The molecule has 108 valence electrons. The zero-order valence-electron chi connectivity index (χ0n) is 10.2. The van der Waals surface area contributed by atoms with Gasteiger partial charge in [0.05, 0.1) is 5.92 Å². The van der Waals surface area contributed by atoms with Gasteiger partial charge in [0.2, 0.25) is 11.7 Å². The fourth-order valence-corrected chi connectivity index (χ4v) is 1.98. The van der Waals surface area contributed by atoms with E-state index >= 15 is 0 Å². The van der Waals surface area contributed by atoms with E-state index in [-0.39, 0.29) is 11.7 Å². The molecule has 1 N–H and O–H groups in total. The van der Waals surface area contributed by atoms with Crippen LogP contribution in [0.4, 0.5) is 13.2 Å². The number of benzene rings is 1. The quantitative estimate of drug-likeness (QED) is 0.919. The van der Waals surface area contributed by atoms with Crippen molar-refractivity contribution in [3.63, 3.8) is 0 Å². The van der Waals surface area contributed by atoms with E-state index in [9.17, 15) is 18.3 Å². The molecule has 0 radical (unpaired) electrons. The minimum absolute atomic E-state index is 0.169. The zero-order valence-corrected chi connectivity index (χ0v) is 11.8. The molecule has 0 spiro atoms. The smallest absolute Gasteiger partial charge is 0.383 e. The predicted octanol–water partition coefficient (Wildman–Crippen LogP) is 3.53. The lowest BCUT2D eigenvalue weighted by atomic mass is 10.0. The van der Waals surface area contributed by atoms with Crippen molar-refractivity contribution in [2.45, 2.75) is 25.1 Å². The van der Waals surface area contributed by atoms with Crippen LogP contribution in [0.2, 0.25) is 0 Å². The second-order valence-electron chi connectivity index (χ2n) is 4.24. The lowest BCUT2D eigenvalue weighted by molar-refractivity contribution is -0.210. The molecule has 2 rings (SSSR count). The van der Waals surface area contributed by atoms with Crippen LogP contribution >= 0.6 is 15.9 Å². The van der Waals surface area contributed by atoms with E-state index in [0.29, 0.717) is 5.56 Å². The maximum Gasteiger partial charge on any atom is 0.415 e. The first-order chi connectivity index (χ1) is 9.29. The summed E-state index contributed by atoms with van der Waals surface area (Å²) in [6, 6.07) is 6.94. The van der Waals surface area contributed by atoms with Crippen LogP contribution in [0.1, 0.15) is 18.7 Å². The van der Waals surface area contributed by atoms with E-state index in [4.69, 9.17) is 4.52 Å². The predicted molar refractivity (Wildman–Crippen MR) is 67.9 cm³/mol. The SMILES string of the molecule is CC(c1nc(-c2cccc(Br)c2)no1)C(O)C(F)(F)F. The molecule has 1 aromatic heterocycles. The number of alkyl halides is 3. The van der Waals surface area contributed by atoms with Gasteiger partial charge in [0.1, 0.15) is 0 Å². The molecule has 2 atom stereocenters. The Hall–Kier alpha value is -1.41. The number of halogens is 4. The molecule has 8 heteroatoms. The molecular weight excluding hydrogens is 341 g/mol. The van der Waals surface area contributed by atoms with Crippen molar-refractivity contribution in [2.75, 3.05) is 0 Å². The van der Waals surface area contributed by atoms with E-state index in [2.05, 4.69) is 26.1 Å². The van der Waals surface area contributed by atoms with Crippen molar-refractivity contribution in [3.8, 4) is 11.4 Å². The van der Waals surface area contributed by atoms with Crippen LogP contribution in [0.15, 0.2) is 33.3 Å². The lowest BCUT2D eigenvalue weighted by Crippen LogP contribution is -2.33. The molecule has 4 nitrogen and oxygen atoms in total. The topological polar surface area (TPSA) is 59.2 Å². The largest absolute Gasteiger partial charge is 0.415 e. The normalized spacial score (nSPS) is 15.1. The number of hydrogen-bond donors (Lipinski definition) is 1. The van der Waals surface area contributed by atoms with Crippen molar-refractivity contribution >= 4 is 15.9 Å². The fourth-order valence-electron chi connectivity index (χ4n) is 1.58. The summed E-state index contributed by atoms with van der Waals surface area (Å²) in [5.74, 6) is -1.42. The van der Waals surface area contributed by atoms with Crippen molar-refractivity contribution < 1.29 is 22.8 Å². The summed E-state index contributed by atoms with van der Waals surface area (Å²) in [6.07, 6.45) is -7.28. The third-order valence-electron chi connectivity index (χ3n) is 2.72. The van der Waals surface area contributed by atoms with Gasteiger partial charge in [-0.2, -0.15) is 18.2 Å². The molecule has 0 bridgehead atoms. The Kier molecular flexibility index (Phi) is 4.14. The van der Waals surface area contributed by atoms with E-state index in [1.54, 1.807) is 24.3 Å². The molecule has 2 unspecified atom stereocenters. The fraction of sp³-hybridized carbons (Fsp3) is 0.333. The number of aromatic nitrogens is 2. The molecule has 0 aliphatic rings. The Bertz CT molecular complexity index is 600. The number of rotatable bonds is 3. The van der Waals surface area contributed by atoms with Crippen LogP contribution < -0.4 is 0 Å². The molecule has 0 fully saturated rings. The maximum atomic E-state index is 12.4. The van der Waals surface area contributed by atoms with Crippen molar-refractivity contribution in [1.29, 1.82) is 0 Å². The molecule has 0 aliphatic heterocycles. The van der Waals surface area contributed by atoms with Gasteiger partial charge in [-0.3, -0.25) is 0 Å². The highest BCUT2D eigenvalue weighted by molar-refractivity contribution is 9.10. The highest BCUT2D eigenvalue weighted by Gasteiger charge is 2.44. The van der Waals surface area contributed by atoms with Crippen LogP contribution in [0.3, 0.4) is 0 Å². The van der Waals surface area contributed by atoms with Gasteiger partial charge in [-0.1, -0.05) is 40.1 Å². The maximum absolute atomic E-state index is 12.4. The van der Waals surface area contributed by atoms with Gasteiger partial charge in [-0.05, 0) is 12.1 Å². The van der Waals surface area contributed by atoms with Gasteiger partial charge in [0.25, 0.3) is 0 Å². The molecular formula is C12H10BrF3N2O2. The van der Waals surface area contributed by atoms with E-state index in [1.807, 2.05) is 0 Å². The molecule has 1 heterocycles. The van der Waals surface area contributed by atoms with E-state index in [0.717, 1.165) is 4.47 Å². The second kappa shape index (κ2) is 5.53. The van der Waals surface area contributed by atoms with Gasteiger partial charge in [-0.25, -0.2) is 0 Å². The van der Waals surface area contributed by atoms with E-state index < -0.39 is 18.2 Å². The van der Waals surface area contributed by atoms with Crippen LogP contribution in [0.25, 0.3) is 11.4 Å². The highest BCUT2D eigenvalue weighted by atomic mass is 79.9. The first-order valence-electron chi connectivity index (χ1n) is 5.63. The second-order valence-corrected chi connectivity index (χ2v) is 5.16. The summed E-state index contributed by atoms with van der Waals surface area (Å²) < 4.78 is 42.8. The van der Waals surface area contributed by atoms with Crippen molar-refractivity contribution in [3.05, 3.63) is 34.6 Å². The number of aliphatic hydroxyl groups is 1. The molecule has 2 aromatic rings. The van der Waals surface area contributed by atoms with Gasteiger partial charge in [0.15, 0.2) is 6.10 Å². The zero-order chi connectivity index (χ0) is 14.9. The average Bonchev–Trinajstić information content (AvgIpc) is 2.85.